The summed E-state index contributed by atoms with van der Waals surface area (Å²) < 4.78 is 1.99. The molecule has 0 spiro atoms. The molecule has 2 rings (SSSR count). The first kappa shape index (κ1) is 9.93. The van der Waals surface area contributed by atoms with Gasteiger partial charge in [-0.25, -0.2) is 4.98 Å². The molecule has 0 aliphatic rings. The number of aliphatic hydroxyl groups excluding tert-OH is 1. The summed E-state index contributed by atoms with van der Waals surface area (Å²) in [6, 6.07) is 8.13. The number of aliphatic hydroxyl groups is 1. The lowest BCUT2D eigenvalue weighted by atomic mass is 10.1. The van der Waals surface area contributed by atoms with Crippen LogP contribution in [0.5, 0.6) is 0 Å². The second kappa shape index (κ2) is 4.28. The molecule has 78 valence electrons. The number of aromatic nitrogens is 2. The van der Waals surface area contributed by atoms with E-state index in [1.807, 2.05) is 42.1 Å². The fourth-order valence-corrected chi connectivity index (χ4v) is 1.59. The van der Waals surface area contributed by atoms with Crippen LogP contribution in [0.1, 0.15) is 5.56 Å². The van der Waals surface area contributed by atoms with Gasteiger partial charge in [-0.15, -0.1) is 0 Å². The van der Waals surface area contributed by atoms with Crippen molar-refractivity contribution in [2.75, 3.05) is 6.61 Å². The first-order chi connectivity index (χ1) is 7.31. The molecule has 0 atom stereocenters. The number of imidazole rings is 1. The molecule has 2 aromatic rings. The molecule has 0 amide bonds. The lowest BCUT2D eigenvalue weighted by Crippen LogP contribution is -1.93. The van der Waals surface area contributed by atoms with E-state index in [0.717, 1.165) is 17.0 Å². The average Bonchev–Trinajstić information content (AvgIpc) is 2.66. The first-order valence-electron chi connectivity index (χ1n) is 4.99. The maximum absolute atomic E-state index is 8.80. The molecule has 0 unspecified atom stereocenters. The van der Waals surface area contributed by atoms with Gasteiger partial charge in [0.1, 0.15) is 5.82 Å². The van der Waals surface area contributed by atoms with Crippen molar-refractivity contribution in [1.82, 2.24) is 9.55 Å². The highest BCUT2D eigenvalue weighted by Crippen LogP contribution is 2.17. The lowest BCUT2D eigenvalue weighted by molar-refractivity contribution is 0.299. The van der Waals surface area contributed by atoms with E-state index < -0.39 is 0 Å². The van der Waals surface area contributed by atoms with Gasteiger partial charge in [-0.1, -0.05) is 24.3 Å². The fraction of sp³-hybridized carbons (Fsp3) is 0.250. The van der Waals surface area contributed by atoms with Crippen molar-refractivity contribution in [3.8, 4) is 11.4 Å². The Labute approximate surface area is 89.0 Å². The van der Waals surface area contributed by atoms with E-state index in [1.165, 1.54) is 0 Å². The van der Waals surface area contributed by atoms with Gasteiger partial charge in [0.05, 0.1) is 0 Å². The zero-order valence-electron chi connectivity index (χ0n) is 8.72. The minimum Gasteiger partial charge on any atom is -0.396 e. The Morgan fingerprint density at radius 1 is 1.27 bits per heavy atom. The van der Waals surface area contributed by atoms with Crippen molar-refractivity contribution in [3.63, 3.8) is 0 Å². The predicted octanol–water partition coefficient (Wildman–Crippen LogP) is 1.62. The van der Waals surface area contributed by atoms with E-state index in [9.17, 15) is 0 Å². The third-order valence-corrected chi connectivity index (χ3v) is 2.43. The Morgan fingerprint density at radius 2 is 2.00 bits per heavy atom. The van der Waals surface area contributed by atoms with E-state index in [2.05, 4.69) is 4.98 Å². The largest absolute Gasteiger partial charge is 0.396 e. The molecular weight excluding hydrogens is 188 g/mol. The molecule has 15 heavy (non-hydrogen) atoms. The van der Waals surface area contributed by atoms with Crippen molar-refractivity contribution in [1.29, 1.82) is 0 Å². The first-order valence-corrected chi connectivity index (χ1v) is 4.99. The van der Waals surface area contributed by atoms with Crippen LogP contribution in [0.4, 0.5) is 0 Å². The van der Waals surface area contributed by atoms with Crippen molar-refractivity contribution < 1.29 is 5.11 Å². The van der Waals surface area contributed by atoms with Gasteiger partial charge < -0.3 is 9.67 Å². The third kappa shape index (κ3) is 2.07. The summed E-state index contributed by atoms with van der Waals surface area (Å²) in [5.41, 5.74) is 2.25. The molecule has 0 saturated carbocycles. The third-order valence-electron chi connectivity index (χ3n) is 2.43. The number of benzene rings is 1. The van der Waals surface area contributed by atoms with Crippen LogP contribution in [0.15, 0.2) is 36.7 Å². The molecule has 0 bridgehead atoms. The highest BCUT2D eigenvalue weighted by Gasteiger charge is 2.02. The van der Waals surface area contributed by atoms with Gasteiger partial charge in [-0.2, -0.15) is 0 Å². The van der Waals surface area contributed by atoms with Crippen LogP contribution in [-0.4, -0.2) is 21.3 Å². The summed E-state index contributed by atoms with van der Waals surface area (Å²) in [6.45, 7) is 0.196. The molecule has 0 aliphatic heterocycles. The number of rotatable bonds is 3. The van der Waals surface area contributed by atoms with E-state index in [-0.39, 0.29) is 6.61 Å². The normalized spacial score (nSPS) is 10.5. The zero-order chi connectivity index (χ0) is 10.7. The molecular formula is C12H14N2O. The Balaban J connectivity index is 2.28. The molecule has 0 aliphatic carbocycles. The molecule has 1 N–H and O–H groups in total. The van der Waals surface area contributed by atoms with Crippen LogP contribution >= 0.6 is 0 Å². The molecule has 0 saturated heterocycles. The van der Waals surface area contributed by atoms with Gasteiger partial charge in [0.25, 0.3) is 0 Å². The van der Waals surface area contributed by atoms with Crippen molar-refractivity contribution >= 4 is 0 Å². The minimum atomic E-state index is 0.196. The smallest absolute Gasteiger partial charge is 0.139 e. The van der Waals surface area contributed by atoms with E-state index in [4.69, 9.17) is 5.11 Å². The second-order valence-electron chi connectivity index (χ2n) is 3.53. The van der Waals surface area contributed by atoms with Gasteiger partial charge in [0, 0.05) is 31.6 Å². The van der Waals surface area contributed by atoms with Gasteiger partial charge in [0.15, 0.2) is 0 Å². The number of hydrogen-bond donors (Lipinski definition) is 1. The highest BCUT2D eigenvalue weighted by atomic mass is 16.2. The Hall–Kier alpha value is -1.61. The highest BCUT2D eigenvalue weighted by molar-refractivity contribution is 5.55. The predicted molar refractivity (Wildman–Crippen MR) is 59.4 cm³/mol. The Kier molecular flexibility index (Phi) is 2.83. The SMILES string of the molecule is Cn1ccnc1-c1ccc(CCO)cc1. The fourth-order valence-electron chi connectivity index (χ4n) is 1.59. The van der Waals surface area contributed by atoms with Gasteiger partial charge >= 0.3 is 0 Å². The van der Waals surface area contributed by atoms with Gasteiger partial charge in [0.2, 0.25) is 0 Å². The average molecular weight is 202 g/mol. The van der Waals surface area contributed by atoms with Crippen LogP contribution in [0.2, 0.25) is 0 Å². The Bertz CT molecular complexity index is 431. The molecule has 1 heterocycles. The summed E-state index contributed by atoms with van der Waals surface area (Å²) >= 11 is 0. The minimum absolute atomic E-state index is 0.196. The number of hydrogen-bond acceptors (Lipinski definition) is 2. The van der Waals surface area contributed by atoms with E-state index in [0.29, 0.717) is 6.42 Å². The zero-order valence-corrected chi connectivity index (χ0v) is 8.72. The molecule has 3 nitrogen and oxygen atoms in total. The Morgan fingerprint density at radius 3 is 2.53 bits per heavy atom. The van der Waals surface area contributed by atoms with E-state index >= 15 is 0 Å². The molecule has 3 heteroatoms. The summed E-state index contributed by atoms with van der Waals surface area (Å²) in [5, 5.41) is 8.80. The summed E-state index contributed by atoms with van der Waals surface area (Å²) in [6.07, 6.45) is 4.43. The molecule has 0 radical (unpaired) electrons. The number of nitrogens with zero attached hydrogens (tertiary/aromatic N) is 2. The maximum atomic E-state index is 8.80. The quantitative estimate of drug-likeness (QED) is 0.821. The monoisotopic (exact) mass is 202 g/mol. The van der Waals surface area contributed by atoms with Crippen LogP contribution < -0.4 is 0 Å². The summed E-state index contributed by atoms with van der Waals surface area (Å²) in [7, 11) is 1.98. The second-order valence-corrected chi connectivity index (χ2v) is 3.53. The van der Waals surface area contributed by atoms with Crippen LogP contribution in [0.25, 0.3) is 11.4 Å². The maximum Gasteiger partial charge on any atom is 0.139 e. The van der Waals surface area contributed by atoms with Crippen LogP contribution in [0.3, 0.4) is 0 Å². The van der Waals surface area contributed by atoms with Crippen LogP contribution in [-0.2, 0) is 13.5 Å². The topological polar surface area (TPSA) is 38.0 Å². The number of aryl methyl sites for hydroxylation is 1. The standard InChI is InChI=1S/C12H14N2O/c1-14-8-7-13-12(14)11-4-2-10(3-5-11)6-9-15/h2-5,7-8,15H,6,9H2,1H3. The molecule has 1 aromatic carbocycles. The van der Waals surface area contributed by atoms with Gasteiger partial charge in [-0.05, 0) is 12.0 Å². The van der Waals surface area contributed by atoms with Crippen LogP contribution in [0, 0.1) is 0 Å². The lowest BCUT2D eigenvalue weighted by Gasteiger charge is -2.03. The molecule has 0 fully saturated rings. The van der Waals surface area contributed by atoms with Gasteiger partial charge in [-0.3, -0.25) is 0 Å². The summed E-state index contributed by atoms with van der Waals surface area (Å²) in [5.74, 6) is 0.963. The van der Waals surface area contributed by atoms with Crippen molar-refractivity contribution in [2.24, 2.45) is 7.05 Å². The molecule has 1 aromatic heterocycles. The van der Waals surface area contributed by atoms with Crippen molar-refractivity contribution in [3.05, 3.63) is 42.2 Å². The summed E-state index contributed by atoms with van der Waals surface area (Å²) in [4.78, 5) is 4.28. The van der Waals surface area contributed by atoms with Crippen molar-refractivity contribution in [2.45, 2.75) is 6.42 Å². The van der Waals surface area contributed by atoms with E-state index in [1.54, 1.807) is 6.20 Å².